The molecule has 21 heavy (non-hydrogen) atoms. The fourth-order valence-corrected chi connectivity index (χ4v) is 2.56. The van der Waals surface area contributed by atoms with Gasteiger partial charge in [0.2, 0.25) is 0 Å². The minimum absolute atomic E-state index is 0.00709. The third-order valence-electron chi connectivity index (χ3n) is 3.79. The maximum absolute atomic E-state index is 9.83. The quantitative estimate of drug-likeness (QED) is 0.761. The second kappa shape index (κ2) is 6.17. The van der Waals surface area contributed by atoms with Gasteiger partial charge in [-0.2, -0.15) is 5.21 Å². The number of hydrogen-bond donors (Lipinski definition) is 3. The number of pyridine rings is 1. The van der Waals surface area contributed by atoms with Crippen LogP contribution in [0, 0.1) is 11.3 Å². The number of aromatic amines is 1. The second-order valence-electron chi connectivity index (χ2n) is 6.33. The summed E-state index contributed by atoms with van der Waals surface area (Å²) < 4.78 is 0. The van der Waals surface area contributed by atoms with E-state index in [-0.39, 0.29) is 23.9 Å². The summed E-state index contributed by atoms with van der Waals surface area (Å²) in [6.45, 7) is 6.36. The second-order valence-corrected chi connectivity index (χ2v) is 6.33. The standard InChI is InChI=1S/C14H22N6O/c1-14(2,3)11(8-21)10(13-17-19-20-18-13)6-9-4-5-12(15)16-7-9/h4-5,7,10-11,21H,6,8H2,1-3H3,(H2,15,16)(H,17,18,19,20). The van der Waals surface area contributed by atoms with E-state index in [9.17, 15) is 5.11 Å². The molecule has 2 rings (SSSR count). The van der Waals surface area contributed by atoms with Crippen LogP contribution in [-0.4, -0.2) is 37.3 Å². The molecule has 7 heteroatoms. The smallest absolute Gasteiger partial charge is 0.178 e. The van der Waals surface area contributed by atoms with Gasteiger partial charge in [-0.25, -0.2) is 4.98 Å². The first-order valence-electron chi connectivity index (χ1n) is 6.96. The van der Waals surface area contributed by atoms with Gasteiger partial charge in [-0.05, 0) is 29.4 Å². The Morgan fingerprint density at radius 2 is 2.10 bits per heavy atom. The van der Waals surface area contributed by atoms with Crippen LogP contribution in [-0.2, 0) is 6.42 Å². The van der Waals surface area contributed by atoms with E-state index in [1.165, 1.54) is 0 Å². The van der Waals surface area contributed by atoms with Gasteiger partial charge in [0.25, 0.3) is 0 Å². The van der Waals surface area contributed by atoms with Gasteiger partial charge in [-0.15, -0.1) is 10.2 Å². The molecule has 0 bridgehead atoms. The van der Waals surface area contributed by atoms with Crippen LogP contribution in [0.25, 0.3) is 0 Å². The third kappa shape index (κ3) is 3.75. The van der Waals surface area contributed by atoms with Crippen LogP contribution in [0.4, 0.5) is 5.82 Å². The number of H-pyrrole nitrogens is 1. The zero-order chi connectivity index (χ0) is 15.5. The number of aliphatic hydroxyl groups excluding tert-OH is 1. The lowest BCUT2D eigenvalue weighted by molar-refractivity contribution is 0.103. The van der Waals surface area contributed by atoms with Gasteiger partial charge in [0, 0.05) is 18.7 Å². The summed E-state index contributed by atoms with van der Waals surface area (Å²) in [5.74, 6) is 1.07. The van der Waals surface area contributed by atoms with E-state index in [2.05, 4.69) is 46.4 Å². The first-order valence-corrected chi connectivity index (χ1v) is 6.96. The molecule has 0 amide bonds. The molecule has 2 aromatic heterocycles. The average Bonchev–Trinajstić information content (AvgIpc) is 2.93. The molecular formula is C14H22N6O. The first kappa shape index (κ1) is 15.4. The lowest BCUT2D eigenvalue weighted by atomic mass is 9.71. The van der Waals surface area contributed by atoms with Crippen LogP contribution in [0.15, 0.2) is 18.3 Å². The number of nitrogens with zero attached hydrogens (tertiary/aromatic N) is 4. The highest BCUT2D eigenvalue weighted by atomic mass is 16.3. The van der Waals surface area contributed by atoms with Crippen LogP contribution in [0.2, 0.25) is 0 Å². The molecule has 114 valence electrons. The number of rotatable bonds is 5. The Morgan fingerprint density at radius 3 is 2.57 bits per heavy atom. The third-order valence-corrected chi connectivity index (χ3v) is 3.79. The number of tetrazole rings is 1. The highest BCUT2D eigenvalue weighted by Gasteiger charge is 2.35. The van der Waals surface area contributed by atoms with Gasteiger partial charge in [-0.1, -0.05) is 32.1 Å². The van der Waals surface area contributed by atoms with Crippen molar-refractivity contribution < 1.29 is 5.11 Å². The molecule has 2 heterocycles. The first-order chi connectivity index (χ1) is 9.91. The molecule has 4 N–H and O–H groups in total. The summed E-state index contributed by atoms with van der Waals surface area (Å²) in [5.41, 5.74) is 6.56. The van der Waals surface area contributed by atoms with Crippen molar-refractivity contribution in [3.63, 3.8) is 0 Å². The predicted octanol–water partition coefficient (Wildman–Crippen LogP) is 1.16. The largest absolute Gasteiger partial charge is 0.396 e. The van der Waals surface area contributed by atoms with E-state index in [0.717, 1.165) is 5.56 Å². The SMILES string of the molecule is CC(C)(C)C(CO)C(Cc1ccc(N)nc1)c1nn[nH]n1. The van der Waals surface area contributed by atoms with Crippen LogP contribution >= 0.6 is 0 Å². The number of anilines is 1. The van der Waals surface area contributed by atoms with Gasteiger partial charge in [0.05, 0.1) is 0 Å². The lowest BCUT2D eigenvalue weighted by Gasteiger charge is -2.34. The average molecular weight is 290 g/mol. The number of aliphatic hydroxyl groups is 1. The fourth-order valence-electron chi connectivity index (χ4n) is 2.56. The summed E-state index contributed by atoms with van der Waals surface area (Å²) in [6.07, 6.45) is 2.43. The fraction of sp³-hybridized carbons (Fsp3) is 0.571. The van der Waals surface area contributed by atoms with Crippen molar-refractivity contribution in [1.82, 2.24) is 25.6 Å². The van der Waals surface area contributed by atoms with E-state index in [0.29, 0.717) is 18.1 Å². The molecule has 0 aliphatic carbocycles. The molecule has 0 aliphatic rings. The van der Waals surface area contributed by atoms with Crippen molar-refractivity contribution in [3.05, 3.63) is 29.7 Å². The molecule has 7 nitrogen and oxygen atoms in total. The van der Waals surface area contributed by atoms with Gasteiger partial charge < -0.3 is 10.8 Å². The number of hydrogen-bond acceptors (Lipinski definition) is 6. The molecule has 0 aromatic carbocycles. The van der Waals surface area contributed by atoms with Crippen LogP contribution in [0.5, 0.6) is 0 Å². The molecule has 0 fully saturated rings. The summed E-state index contributed by atoms with van der Waals surface area (Å²) in [6, 6.07) is 3.71. The van der Waals surface area contributed by atoms with Crippen LogP contribution < -0.4 is 5.73 Å². The Morgan fingerprint density at radius 1 is 1.33 bits per heavy atom. The van der Waals surface area contributed by atoms with E-state index in [1.54, 1.807) is 12.3 Å². The molecule has 0 spiro atoms. The molecule has 0 aliphatic heterocycles. The maximum Gasteiger partial charge on any atom is 0.178 e. The van der Waals surface area contributed by atoms with E-state index < -0.39 is 0 Å². The zero-order valence-electron chi connectivity index (χ0n) is 12.6. The van der Waals surface area contributed by atoms with Gasteiger partial charge in [0.15, 0.2) is 5.82 Å². The summed E-state index contributed by atoms with van der Waals surface area (Å²) in [5, 5.41) is 24.2. The molecular weight excluding hydrogens is 268 g/mol. The number of nitrogens with one attached hydrogen (secondary N) is 1. The van der Waals surface area contributed by atoms with Crippen LogP contribution in [0.1, 0.15) is 38.1 Å². The summed E-state index contributed by atoms with van der Waals surface area (Å²) in [7, 11) is 0. The van der Waals surface area contributed by atoms with Crippen molar-refractivity contribution in [3.8, 4) is 0 Å². The van der Waals surface area contributed by atoms with Crippen molar-refractivity contribution >= 4 is 5.82 Å². The lowest BCUT2D eigenvalue weighted by Crippen LogP contribution is -2.32. The Kier molecular flexibility index (Phi) is 4.52. The Bertz CT molecular complexity index is 546. The van der Waals surface area contributed by atoms with E-state index in [1.807, 2.05) is 6.07 Å². The number of nitrogen functional groups attached to an aromatic ring is 1. The maximum atomic E-state index is 9.83. The molecule has 2 aromatic rings. The molecule has 2 unspecified atom stereocenters. The Hall–Kier alpha value is -2.02. The highest BCUT2D eigenvalue weighted by Crippen LogP contribution is 2.38. The van der Waals surface area contributed by atoms with Crippen molar-refractivity contribution in [2.75, 3.05) is 12.3 Å². The normalized spacial score (nSPS) is 14.9. The van der Waals surface area contributed by atoms with Crippen LogP contribution in [0.3, 0.4) is 0 Å². The summed E-state index contributed by atoms with van der Waals surface area (Å²) in [4.78, 5) is 4.11. The summed E-state index contributed by atoms with van der Waals surface area (Å²) >= 11 is 0. The predicted molar refractivity (Wildman–Crippen MR) is 79.3 cm³/mol. The Balaban J connectivity index is 2.30. The van der Waals surface area contributed by atoms with Gasteiger partial charge >= 0.3 is 0 Å². The zero-order valence-corrected chi connectivity index (χ0v) is 12.6. The molecule has 0 radical (unpaired) electrons. The van der Waals surface area contributed by atoms with Crippen molar-refractivity contribution in [2.24, 2.45) is 11.3 Å². The molecule has 0 saturated carbocycles. The monoisotopic (exact) mass is 290 g/mol. The molecule has 2 atom stereocenters. The minimum Gasteiger partial charge on any atom is -0.396 e. The van der Waals surface area contributed by atoms with E-state index >= 15 is 0 Å². The minimum atomic E-state index is -0.0821. The number of aromatic nitrogens is 5. The van der Waals surface area contributed by atoms with Crippen molar-refractivity contribution in [1.29, 1.82) is 0 Å². The highest BCUT2D eigenvalue weighted by molar-refractivity contribution is 5.30. The van der Waals surface area contributed by atoms with Gasteiger partial charge in [0.1, 0.15) is 5.82 Å². The molecule has 0 saturated heterocycles. The van der Waals surface area contributed by atoms with Gasteiger partial charge in [-0.3, -0.25) is 0 Å². The van der Waals surface area contributed by atoms with Crippen molar-refractivity contribution in [2.45, 2.75) is 33.1 Å². The van der Waals surface area contributed by atoms with E-state index in [4.69, 9.17) is 5.73 Å². The topological polar surface area (TPSA) is 114 Å². The number of nitrogens with two attached hydrogens (primary N) is 1. The Labute approximate surface area is 124 Å².